The molecule has 2 rings (SSSR count). The molecule has 6 heteroatoms. The van der Waals surface area contributed by atoms with Crippen LogP contribution in [0.3, 0.4) is 0 Å². The molecule has 1 aromatic heterocycles. The molecule has 0 amide bonds. The number of halogens is 1. The molecule has 100 valence electrons. The van der Waals surface area contributed by atoms with E-state index in [9.17, 15) is 9.59 Å². The highest BCUT2D eigenvalue weighted by molar-refractivity contribution is 6.31. The lowest BCUT2D eigenvalue weighted by Crippen LogP contribution is -2.33. The normalized spacial score (nSPS) is 10.7. The average Bonchev–Trinajstić information content (AvgIpc) is 2.37. The molecule has 0 saturated carbocycles. The van der Waals surface area contributed by atoms with Gasteiger partial charge < -0.3 is 5.73 Å². The minimum atomic E-state index is -0.280. The van der Waals surface area contributed by atoms with Crippen molar-refractivity contribution in [2.75, 3.05) is 5.73 Å². The Morgan fingerprint density at radius 1 is 1.26 bits per heavy atom. The van der Waals surface area contributed by atoms with Gasteiger partial charge in [0.2, 0.25) is 0 Å². The SMILES string of the molecule is Cc1c(C)c(=O)n(Cc2cc(N)ccc2Cl)[nH]c1=O. The number of nitrogens with two attached hydrogens (primary N) is 1. The lowest BCUT2D eigenvalue weighted by Gasteiger charge is -2.10. The number of nitrogen functional groups attached to an aromatic ring is 1. The zero-order valence-electron chi connectivity index (χ0n) is 10.7. The van der Waals surface area contributed by atoms with Crippen LogP contribution in [0.5, 0.6) is 0 Å². The van der Waals surface area contributed by atoms with Crippen LogP contribution in [-0.2, 0) is 6.54 Å². The summed E-state index contributed by atoms with van der Waals surface area (Å²) in [6.07, 6.45) is 0. The van der Waals surface area contributed by atoms with Crippen LogP contribution in [0.25, 0.3) is 0 Å². The summed E-state index contributed by atoms with van der Waals surface area (Å²) in [6.45, 7) is 3.43. The predicted molar refractivity (Wildman–Crippen MR) is 75.8 cm³/mol. The fourth-order valence-electron chi connectivity index (χ4n) is 1.79. The van der Waals surface area contributed by atoms with Gasteiger partial charge >= 0.3 is 0 Å². The van der Waals surface area contributed by atoms with Crippen molar-refractivity contribution in [3.63, 3.8) is 0 Å². The Hall–Kier alpha value is -2.01. The molecule has 0 aliphatic carbocycles. The van der Waals surface area contributed by atoms with E-state index in [-0.39, 0.29) is 17.7 Å². The first-order valence-corrected chi connectivity index (χ1v) is 6.12. The highest BCUT2D eigenvalue weighted by Gasteiger charge is 2.09. The Bertz CT molecular complexity index is 747. The van der Waals surface area contributed by atoms with Gasteiger partial charge in [-0.05, 0) is 37.6 Å². The van der Waals surface area contributed by atoms with Gasteiger partial charge in [-0.1, -0.05) is 11.6 Å². The number of nitrogens with zero attached hydrogens (tertiary/aromatic N) is 1. The minimum absolute atomic E-state index is 0.180. The molecular formula is C13H14ClN3O2. The van der Waals surface area contributed by atoms with Gasteiger partial charge in [-0.3, -0.25) is 14.7 Å². The molecule has 0 saturated heterocycles. The van der Waals surface area contributed by atoms with E-state index in [1.807, 2.05) is 0 Å². The van der Waals surface area contributed by atoms with Crippen LogP contribution in [0.2, 0.25) is 5.02 Å². The number of H-pyrrole nitrogens is 1. The maximum Gasteiger partial charge on any atom is 0.268 e. The zero-order chi connectivity index (χ0) is 14.2. The molecular weight excluding hydrogens is 266 g/mol. The Morgan fingerprint density at radius 3 is 2.63 bits per heavy atom. The van der Waals surface area contributed by atoms with Gasteiger partial charge in [-0.2, -0.15) is 0 Å². The van der Waals surface area contributed by atoms with Crippen molar-refractivity contribution < 1.29 is 0 Å². The van der Waals surface area contributed by atoms with E-state index in [4.69, 9.17) is 17.3 Å². The van der Waals surface area contributed by atoms with E-state index in [2.05, 4.69) is 5.10 Å². The molecule has 1 aromatic carbocycles. The monoisotopic (exact) mass is 279 g/mol. The molecule has 0 aliphatic rings. The first-order chi connectivity index (χ1) is 8.90. The van der Waals surface area contributed by atoms with Crippen molar-refractivity contribution >= 4 is 17.3 Å². The van der Waals surface area contributed by atoms with Crippen molar-refractivity contribution in [3.05, 3.63) is 60.6 Å². The van der Waals surface area contributed by atoms with Crippen LogP contribution in [-0.4, -0.2) is 9.78 Å². The molecule has 19 heavy (non-hydrogen) atoms. The smallest absolute Gasteiger partial charge is 0.268 e. The predicted octanol–water partition coefficient (Wildman–Crippen LogP) is 1.44. The molecule has 5 nitrogen and oxygen atoms in total. The molecule has 0 atom stereocenters. The van der Waals surface area contributed by atoms with Crippen LogP contribution < -0.4 is 16.9 Å². The second kappa shape index (κ2) is 4.93. The maximum atomic E-state index is 12.1. The van der Waals surface area contributed by atoms with E-state index >= 15 is 0 Å². The van der Waals surface area contributed by atoms with E-state index < -0.39 is 0 Å². The summed E-state index contributed by atoms with van der Waals surface area (Å²) in [5.74, 6) is 0. The largest absolute Gasteiger partial charge is 0.399 e. The fourth-order valence-corrected chi connectivity index (χ4v) is 1.97. The van der Waals surface area contributed by atoms with E-state index in [1.165, 1.54) is 4.68 Å². The van der Waals surface area contributed by atoms with Gasteiger partial charge in [0.1, 0.15) is 0 Å². The third-order valence-electron chi connectivity index (χ3n) is 3.10. The lowest BCUT2D eigenvalue weighted by atomic mass is 10.2. The number of aromatic nitrogens is 2. The van der Waals surface area contributed by atoms with Crippen molar-refractivity contribution in [2.45, 2.75) is 20.4 Å². The topological polar surface area (TPSA) is 80.9 Å². The lowest BCUT2D eigenvalue weighted by molar-refractivity contribution is 0.618. The fraction of sp³-hybridized carbons (Fsp3) is 0.231. The summed E-state index contributed by atoms with van der Waals surface area (Å²) >= 11 is 6.05. The summed E-state index contributed by atoms with van der Waals surface area (Å²) in [6, 6.07) is 5.02. The molecule has 0 spiro atoms. The Kier molecular flexibility index (Phi) is 3.48. The molecule has 0 fully saturated rings. The number of rotatable bonds is 2. The van der Waals surface area contributed by atoms with Crippen molar-refractivity contribution in [3.8, 4) is 0 Å². The highest BCUT2D eigenvalue weighted by atomic mass is 35.5. The summed E-state index contributed by atoms with van der Waals surface area (Å²) in [5, 5.41) is 3.03. The summed E-state index contributed by atoms with van der Waals surface area (Å²) in [7, 11) is 0. The highest BCUT2D eigenvalue weighted by Crippen LogP contribution is 2.19. The zero-order valence-corrected chi connectivity index (χ0v) is 11.4. The standard InChI is InChI=1S/C13H14ClN3O2/c1-7-8(2)13(19)17(16-12(7)18)6-9-5-10(15)3-4-11(9)14/h3-5H,6,15H2,1-2H3,(H,16,18). The minimum Gasteiger partial charge on any atom is -0.399 e. The van der Waals surface area contributed by atoms with Gasteiger partial charge in [0.05, 0.1) is 6.54 Å². The van der Waals surface area contributed by atoms with E-state index in [0.717, 1.165) is 0 Å². The summed E-state index contributed by atoms with van der Waals surface area (Å²) in [5.41, 5.74) is 7.27. The number of nitrogens with one attached hydrogen (secondary N) is 1. The molecule has 0 unspecified atom stereocenters. The van der Waals surface area contributed by atoms with Gasteiger partial charge in [-0.25, -0.2) is 4.68 Å². The van der Waals surface area contributed by atoms with Crippen LogP contribution >= 0.6 is 11.6 Å². The van der Waals surface area contributed by atoms with Crippen LogP contribution in [0.4, 0.5) is 5.69 Å². The molecule has 0 aliphatic heterocycles. The van der Waals surface area contributed by atoms with Crippen molar-refractivity contribution in [1.82, 2.24) is 9.78 Å². The summed E-state index contributed by atoms with van der Waals surface area (Å²) < 4.78 is 1.24. The first kappa shape index (κ1) is 13.4. The Morgan fingerprint density at radius 2 is 1.95 bits per heavy atom. The van der Waals surface area contributed by atoms with E-state index in [0.29, 0.717) is 27.4 Å². The molecule has 0 radical (unpaired) electrons. The van der Waals surface area contributed by atoms with Crippen LogP contribution in [0, 0.1) is 13.8 Å². The second-order valence-electron chi connectivity index (χ2n) is 4.43. The quantitative estimate of drug-likeness (QED) is 0.816. The number of hydrogen-bond acceptors (Lipinski definition) is 3. The van der Waals surface area contributed by atoms with E-state index in [1.54, 1.807) is 32.0 Å². The molecule has 2 aromatic rings. The molecule has 1 heterocycles. The third kappa shape index (κ3) is 2.56. The second-order valence-corrected chi connectivity index (χ2v) is 4.84. The van der Waals surface area contributed by atoms with Gasteiger partial charge in [-0.15, -0.1) is 0 Å². The van der Waals surface area contributed by atoms with Crippen LogP contribution in [0.1, 0.15) is 16.7 Å². The summed E-state index contributed by atoms with van der Waals surface area (Å²) in [4.78, 5) is 23.7. The average molecular weight is 280 g/mol. The van der Waals surface area contributed by atoms with Gasteiger partial charge in [0, 0.05) is 21.8 Å². The number of aromatic amines is 1. The van der Waals surface area contributed by atoms with Crippen LogP contribution in [0.15, 0.2) is 27.8 Å². The molecule has 3 N–H and O–H groups in total. The maximum absolute atomic E-state index is 12.1. The molecule has 0 bridgehead atoms. The van der Waals surface area contributed by atoms with Gasteiger partial charge in [0.25, 0.3) is 11.1 Å². The Labute approximate surface area is 114 Å². The van der Waals surface area contributed by atoms with Gasteiger partial charge in [0.15, 0.2) is 0 Å². The number of anilines is 1. The van der Waals surface area contributed by atoms with Crippen molar-refractivity contribution in [1.29, 1.82) is 0 Å². The Balaban J connectivity index is 2.53. The number of benzene rings is 1. The first-order valence-electron chi connectivity index (χ1n) is 5.74. The third-order valence-corrected chi connectivity index (χ3v) is 3.47. The number of hydrogen-bond donors (Lipinski definition) is 2. The van der Waals surface area contributed by atoms with Crippen molar-refractivity contribution in [2.24, 2.45) is 0 Å².